The van der Waals surface area contributed by atoms with E-state index in [1.54, 1.807) is 17.7 Å². The van der Waals surface area contributed by atoms with Crippen LogP contribution in [-0.2, 0) is 6.54 Å². The molecule has 1 N–H and O–H groups in total. The average Bonchev–Trinajstić information content (AvgIpc) is 2.82. The normalized spacial score (nSPS) is 11.8. The van der Waals surface area contributed by atoms with Gasteiger partial charge in [0, 0.05) is 10.8 Å². The number of rotatable bonds is 3. The molecule has 0 unspecified atom stereocenters. The van der Waals surface area contributed by atoms with Gasteiger partial charge in [0.05, 0.1) is 19.2 Å². The van der Waals surface area contributed by atoms with Crippen molar-refractivity contribution in [2.45, 2.75) is 6.54 Å². The van der Waals surface area contributed by atoms with Gasteiger partial charge in [0.15, 0.2) is 5.36 Å². The lowest BCUT2D eigenvalue weighted by Crippen LogP contribution is -2.33. The van der Waals surface area contributed by atoms with Crippen LogP contribution in [0.1, 0.15) is 5.56 Å². The molecule has 0 radical (unpaired) electrons. The number of benzene rings is 3. The SMILES string of the molecule is COc1ccc(Cn2c(=O)/c(=N\O)c3ccccc3c3ccccc32)cc1. The molecule has 0 aliphatic rings. The van der Waals surface area contributed by atoms with Gasteiger partial charge < -0.3 is 14.5 Å². The van der Waals surface area contributed by atoms with Crippen molar-refractivity contribution >= 4 is 21.7 Å². The van der Waals surface area contributed by atoms with Crippen molar-refractivity contribution < 1.29 is 9.94 Å². The van der Waals surface area contributed by atoms with Crippen molar-refractivity contribution in [2.75, 3.05) is 7.11 Å². The van der Waals surface area contributed by atoms with E-state index in [-0.39, 0.29) is 10.9 Å². The molecule has 0 saturated carbocycles. The van der Waals surface area contributed by atoms with Gasteiger partial charge in [-0.1, -0.05) is 59.8 Å². The fourth-order valence-electron chi connectivity index (χ4n) is 3.38. The van der Waals surface area contributed by atoms with Crippen molar-refractivity contribution in [1.82, 2.24) is 4.57 Å². The second-order valence-corrected chi connectivity index (χ2v) is 6.25. The maximum Gasteiger partial charge on any atom is 0.281 e. The molecule has 0 amide bonds. The smallest absolute Gasteiger partial charge is 0.281 e. The Morgan fingerprint density at radius 2 is 1.52 bits per heavy atom. The molecule has 0 aliphatic carbocycles. The number of hydrogen-bond donors (Lipinski definition) is 1. The molecule has 5 heteroatoms. The average molecular weight is 358 g/mol. The Morgan fingerprint density at radius 3 is 2.19 bits per heavy atom. The van der Waals surface area contributed by atoms with Crippen LogP contribution in [0.15, 0.2) is 82.7 Å². The molecule has 0 aliphatic heterocycles. The van der Waals surface area contributed by atoms with E-state index in [1.807, 2.05) is 66.7 Å². The van der Waals surface area contributed by atoms with Gasteiger partial charge in [-0.2, -0.15) is 0 Å². The largest absolute Gasteiger partial charge is 0.497 e. The van der Waals surface area contributed by atoms with E-state index in [0.29, 0.717) is 11.9 Å². The first-order valence-corrected chi connectivity index (χ1v) is 8.58. The monoisotopic (exact) mass is 358 g/mol. The molecule has 5 nitrogen and oxygen atoms in total. The van der Waals surface area contributed by atoms with E-state index in [9.17, 15) is 10.0 Å². The molecule has 1 heterocycles. The lowest BCUT2D eigenvalue weighted by atomic mass is 10.1. The Bertz CT molecular complexity index is 1260. The fourth-order valence-corrected chi connectivity index (χ4v) is 3.38. The zero-order chi connectivity index (χ0) is 18.8. The van der Waals surface area contributed by atoms with E-state index in [0.717, 1.165) is 27.6 Å². The Morgan fingerprint density at radius 1 is 0.889 bits per heavy atom. The maximum absolute atomic E-state index is 13.2. The van der Waals surface area contributed by atoms with E-state index in [4.69, 9.17) is 4.74 Å². The van der Waals surface area contributed by atoms with E-state index in [2.05, 4.69) is 5.16 Å². The van der Waals surface area contributed by atoms with E-state index >= 15 is 0 Å². The van der Waals surface area contributed by atoms with Gasteiger partial charge in [-0.3, -0.25) is 4.79 Å². The number of para-hydroxylation sites is 1. The summed E-state index contributed by atoms with van der Waals surface area (Å²) < 4.78 is 6.85. The molecule has 3 aromatic carbocycles. The summed E-state index contributed by atoms with van der Waals surface area (Å²) in [6, 6.07) is 22.8. The molecule has 4 aromatic rings. The van der Waals surface area contributed by atoms with Gasteiger partial charge in [-0.05, 0) is 29.1 Å². The molecule has 0 atom stereocenters. The van der Waals surface area contributed by atoms with Crippen LogP contribution >= 0.6 is 0 Å². The summed E-state index contributed by atoms with van der Waals surface area (Å²) in [4.78, 5) is 13.2. The molecule has 0 saturated heterocycles. The summed E-state index contributed by atoms with van der Waals surface area (Å²) in [6.07, 6.45) is 0. The lowest BCUT2D eigenvalue weighted by molar-refractivity contribution is 0.301. The van der Waals surface area contributed by atoms with Crippen LogP contribution in [0, 0.1) is 0 Å². The van der Waals surface area contributed by atoms with E-state index < -0.39 is 0 Å². The molecule has 134 valence electrons. The summed E-state index contributed by atoms with van der Waals surface area (Å²) >= 11 is 0. The van der Waals surface area contributed by atoms with Crippen LogP contribution in [0.25, 0.3) is 21.7 Å². The van der Waals surface area contributed by atoms with Gasteiger partial charge in [0.1, 0.15) is 5.75 Å². The van der Waals surface area contributed by atoms with Crippen LogP contribution in [0.5, 0.6) is 5.75 Å². The zero-order valence-corrected chi connectivity index (χ0v) is 14.8. The fraction of sp³-hybridized carbons (Fsp3) is 0.0909. The van der Waals surface area contributed by atoms with Crippen LogP contribution in [0.4, 0.5) is 0 Å². The minimum Gasteiger partial charge on any atom is -0.497 e. The first-order valence-electron chi connectivity index (χ1n) is 8.58. The first-order chi connectivity index (χ1) is 13.2. The third-order valence-electron chi connectivity index (χ3n) is 4.71. The lowest BCUT2D eigenvalue weighted by Gasteiger charge is -2.08. The molecule has 0 spiro atoms. The second kappa shape index (κ2) is 6.96. The summed E-state index contributed by atoms with van der Waals surface area (Å²) in [5.41, 5.74) is 1.39. The highest BCUT2D eigenvalue weighted by Crippen LogP contribution is 2.21. The van der Waals surface area contributed by atoms with Gasteiger partial charge in [-0.15, -0.1) is 0 Å². The summed E-state index contributed by atoms with van der Waals surface area (Å²) in [5, 5.41) is 15.4. The molecular weight excluding hydrogens is 340 g/mol. The van der Waals surface area contributed by atoms with Crippen molar-refractivity contribution in [2.24, 2.45) is 5.16 Å². The van der Waals surface area contributed by atoms with Crippen LogP contribution in [-0.4, -0.2) is 16.9 Å². The molecular formula is C22H18N2O3. The number of nitrogens with zero attached hydrogens (tertiary/aromatic N) is 2. The molecule has 4 rings (SSSR count). The Hall–Kier alpha value is -3.60. The molecule has 27 heavy (non-hydrogen) atoms. The van der Waals surface area contributed by atoms with Crippen molar-refractivity contribution in [3.63, 3.8) is 0 Å². The predicted octanol–water partition coefficient (Wildman–Crippen LogP) is 3.50. The Balaban J connectivity index is 2.09. The minimum atomic E-state index is -0.342. The van der Waals surface area contributed by atoms with Crippen LogP contribution in [0.3, 0.4) is 0 Å². The first kappa shape index (κ1) is 16.8. The minimum absolute atomic E-state index is 0.0373. The number of ether oxygens (including phenoxy) is 1. The predicted molar refractivity (Wildman–Crippen MR) is 105 cm³/mol. The van der Waals surface area contributed by atoms with Crippen molar-refractivity contribution in [3.8, 4) is 5.75 Å². The van der Waals surface area contributed by atoms with Crippen molar-refractivity contribution in [3.05, 3.63) is 94.1 Å². The maximum atomic E-state index is 13.2. The molecule has 0 bridgehead atoms. The van der Waals surface area contributed by atoms with Gasteiger partial charge in [-0.25, -0.2) is 0 Å². The molecule has 1 aromatic heterocycles. The van der Waals surface area contributed by atoms with Crippen LogP contribution < -0.4 is 15.7 Å². The highest BCUT2D eigenvalue weighted by atomic mass is 16.5. The van der Waals surface area contributed by atoms with Gasteiger partial charge in [0.25, 0.3) is 5.56 Å². The number of fused-ring (bicyclic) bond motifs is 3. The molecule has 0 fully saturated rings. The van der Waals surface area contributed by atoms with Gasteiger partial charge >= 0.3 is 0 Å². The number of methoxy groups -OCH3 is 1. The van der Waals surface area contributed by atoms with E-state index in [1.165, 1.54) is 0 Å². The number of aromatic nitrogens is 1. The summed E-state index contributed by atoms with van der Waals surface area (Å²) in [6.45, 7) is 0.354. The summed E-state index contributed by atoms with van der Waals surface area (Å²) in [7, 11) is 1.62. The topological polar surface area (TPSA) is 63.8 Å². The second-order valence-electron chi connectivity index (χ2n) is 6.25. The third-order valence-corrected chi connectivity index (χ3v) is 4.71. The number of hydrogen-bond acceptors (Lipinski definition) is 4. The highest BCUT2D eigenvalue weighted by molar-refractivity contribution is 6.04. The summed E-state index contributed by atoms with van der Waals surface area (Å²) in [5.74, 6) is 0.756. The quantitative estimate of drug-likeness (QED) is 0.450. The van der Waals surface area contributed by atoms with Crippen LogP contribution in [0.2, 0.25) is 0 Å². The van der Waals surface area contributed by atoms with Gasteiger partial charge in [0.2, 0.25) is 0 Å². The highest BCUT2D eigenvalue weighted by Gasteiger charge is 2.10. The zero-order valence-electron chi connectivity index (χ0n) is 14.8. The third kappa shape index (κ3) is 2.93. The Labute approximate surface area is 155 Å². The standard InChI is InChI=1S/C22H18N2O3/c1-27-16-12-10-15(11-13-16)14-24-20-9-5-4-7-18(20)17-6-2-3-8-19(17)21(23-26)22(24)25/h2-13,26H,14H2,1H3/b23-21-. The Kier molecular flexibility index (Phi) is 4.34. The van der Waals surface area contributed by atoms with Crippen molar-refractivity contribution in [1.29, 1.82) is 0 Å².